The second kappa shape index (κ2) is 11.2. The highest BCUT2D eigenvalue weighted by Crippen LogP contribution is 2.21. The van der Waals surface area contributed by atoms with Crippen LogP contribution in [0.1, 0.15) is 34.2 Å². The van der Waals surface area contributed by atoms with Gasteiger partial charge in [0.15, 0.2) is 0 Å². The van der Waals surface area contributed by atoms with Crippen LogP contribution in [-0.2, 0) is 17.9 Å². The lowest BCUT2D eigenvalue weighted by Crippen LogP contribution is -2.50. The third-order valence-electron chi connectivity index (χ3n) is 6.21. The number of ether oxygens (including phenoxy) is 1. The van der Waals surface area contributed by atoms with Crippen molar-refractivity contribution in [2.45, 2.75) is 27.0 Å². The number of rotatable bonds is 6. The molecule has 2 aromatic carbocycles. The maximum Gasteiger partial charge on any atom is 0.272 e. The summed E-state index contributed by atoms with van der Waals surface area (Å²) in [5.74, 6) is -1.15. The lowest BCUT2D eigenvalue weighted by Gasteiger charge is -2.34. The number of nitrogens with zero attached hydrogens (tertiary/aromatic N) is 4. The Morgan fingerprint density at radius 3 is 2.30 bits per heavy atom. The third-order valence-corrected chi connectivity index (χ3v) is 6.89. The van der Waals surface area contributed by atoms with Crippen molar-refractivity contribution < 1.29 is 23.1 Å². The molecule has 37 heavy (non-hydrogen) atoms. The van der Waals surface area contributed by atoms with E-state index in [9.17, 15) is 23.2 Å². The van der Waals surface area contributed by atoms with Gasteiger partial charge in [0, 0.05) is 50.3 Å². The maximum atomic E-state index is 13.9. The van der Waals surface area contributed by atoms with Gasteiger partial charge in [0.25, 0.3) is 11.5 Å². The Morgan fingerprint density at radius 2 is 1.68 bits per heavy atom. The summed E-state index contributed by atoms with van der Waals surface area (Å²) in [5.41, 5.74) is 1.07. The van der Waals surface area contributed by atoms with E-state index in [2.05, 4.69) is 20.9 Å². The number of piperazine rings is 1. The van der Waals surface area contributed by atoms with Crippen molar-refractivity contribution in [2.24, 2.45) is 0 Å². The molecule has 0 saturated carbocycles. The van der Waals surface area contributed by atoms with E-state index in [0.717, 1.165) is 17.7 Å². The monoisotopic (exact) mass is 574 g/mol. The van der Waals surface area contributed by atoms with E-state index < -0.39 is 11.6 Å². The molecular weight excluding hydrogens is 550 g/mol. The Hall–Kier alpha value is -3.60. The molecule has 0 radical (unpaired) electrons. The molecule has 1 aromatic heterocycles. The standard InChI is InChI=1S/C26H25BrF2N4O4/c1-16-30-24(37-15-20-7-8-21(28)13-22(20)29)23(27)26(36)33(16)14-18-3-5-19(6-4-18)25(35)32-11-9-31(10-12-32)17(2)34/h3-8,13H,9-12,14-15H2,1-2H3. The molecule has 0 unspecified atom stereocenters. The Labute approximate surface area is 220 Å². The summed E-state index contributed by atoms with van der Waals surface area (Å²) in [5, 5.41) is 0. The van der Waals surface area contributed by atoms with Gasteiger partial charge in [-0.1, -0.05) is 12.1 Å². The van der Waals surface area contributed by atoms with Crippen molar-refractivity contribution in [2.75, 3.05) is 26.2 Å². The Morgan fingerprint density at radius 1 is 1.03 bits per heavy atom. The first-order valence-electron chi connectivity index (χ1n) is 11.6. The molecule has 0 bridgehead atoms. The third kappa shape index (κ3) is 6.04. The minimum Gasteiger partial charge on any atom is -0.472 e. The van der Waals surface area contributed by atoms with Crippen LogP contribution in [0.5, 0.6) is 5.88 Å². The highest BCUT2D eigenvalue weighted by molar-refractivity contribution is 9.10. The Balaban J connectivity index is 1.43. The van der Waals surface area contributed by atoms with E-state index in [-0.39, 0.29) is 46.4 Å². The minimum atomic E-state index is -0.749. The number of benzene rings is 2. The van der Waals surface area contributed by atoms with Gasteiger partial charge < -0.3 is 14.5 Å². The molecule has 0 aliphatic carbocycles. The van der Waals surface area contributed by atoms with Crippen molar-refractivity contribution in [3.63, 3.8) is 0 Å². The van der Waals surface area contributed by atoms with Gasteiger partial charge in [-0.05, 0) is 52.7 Å². The summed E-state index contributed by atoms with van der Waals surface area (Å²) in [6.45, 7) is 5.16. The summed E-state index contributed by atoms with van der Waals surface area (Å²) in [6.07, 6.45) is 0. The van der Waals surface area contributed by atoms with Crippen molar-refractivity contribution in [3.8, 4) is 5.88 Å². The van der Waals surface area contributed by atoms with Gasteiger partial charge in [0.1, 0.15) is 28.5 Å². The first-order chi connectivity index (χ1) is 17.6. The molecular formula is C26H25BrF2N4O4. The minimum absolute atomic E-state index is 0.00415. The smallest absolute Gasteiger partial charge is 0.272 e. The fourth-order valence-electron chi connectivity index (χ4n) is 4.02. The van der Waals surface area contributed by atoms with Crippen LogP contribution in [0.25, 0.3) is 0 Å². The fraction of sp³-hybridized carbons (Fsp3) is 0.308. The first kappa shape index (κ1) is 26.5. The van der Waals surface area contributed by atoms with Crippen molar-refractivity contribution in [1.29, 1.82) is 0 Å². The van der Waals surface area contributed by atoms with Crippen molar-refractivity contribution >= 4 is 27.7 Å². The molecule has 4 rings (SSSR count). The predicted octanol–water partition coefficient (Wildman–Crippen LogP) is 3.52. The lowest BCUT2D eigenvalue weighted by atomic mass is 10.1. The average molecular weight is 575 g/mol. The molecule has 2 amide bonds. The van der Waals surface area contributed by atoms with Crippen LogP contribution in [0.4, 0.5) is 8.78 Å². The molecule has 1 aliphatic rings. The first-order valence-corrected chi connectivity index (χ1v) is 12.4. The number of aromatic nitrogens is 2. The van der Waals surface area contributed by atoms with E-state index in [0.29, 0.717) is 37.6 Å². The van der Waals surface area contributed by atoms with E-state index in [1.54, 1.807) is 41.0 Å². The normalized spacial score (nSPS) is 13.5. The van der Waals surface area contributed by atoms with Gasteiger partial charge >= 0.3 is 0 Å². The van der Waals surface area contributed by atoms with Gasteiger partial charge in [-0.2, -0.15) is 4.98 Å². The molecule has 0 atom stereocenters. The van der Waals surface area contributed by atoms with E-state index >= 15 is 0 Å². The summed E-state index contributed by atoms with van der Waals surface area (Å²) < 4.78 is 34.1. The number of halogens is 3. The van der Waals surface area contributed by atoms with Gasteiger partial charge in [0.05, 0.1) is 6.54 Å². The van der Waals surface area contributed by atoms with Gasteiger partial charge in [-0.15, -0.1) is 0 Å². The maximum absolute atomic E-state index is 13.9. The van der Waals surface area contributed by atoms with Crippen LogP contribution < -0.4 is 10.3 Å². The van der Waals surface area contributed by atoms with Gasteiger partial charge in [-0.3, -0.25) is 19.0 Å². The molecule has 11 heteroatoms. The summed E-state index contributed by atoms with van der Waals surface area (Å²) in [7, 11) is 0. The van der Waals surface area contributed by atoms with Crippen LogP contribution >= 0.6 is 15.9 Å². The second-order valence-electron chi connectivity index (χ2n) is 8.69. The predicted molar refractivity (Wildman–Crippen MR) is 135 cm³/mol. The van der Waals surface area contributed by atoms with Crippen LogP contribution in [0.3, 0.4) is 0 Å². The Bertz CT molecular complexity index is 1390. The number of aryl methyl sites for hydroxylation is 1. The zero-order valence-corrected chi connectivity index (χ0v) is 21.9. The molecule has 8 nitrogen and oxygen atoms in total. The second-order valence-corrected chi connectivity index (χ2v) is 9.48. The largest absolute Gasteiger partial charge is 0.472 e. The number of carbonyl (C=O) groups is 2. The molecule has 0 spiro atoms. The molecule has 1 fully saturated rings. The summed E-state index contributed by atoms with van der Waals surface area (Å²) >= 11 is 3.22. The van der Waals surface area contributed by atoms with E-state index in [1.807, 2.05) is 0 Å². The Kier molecular flexibility index (Phi) is 8.01. The van der Waals surface area contributed by atoms with Crippen molar-refractivity contribution in [3.05, 3.63) is 91.4 Å². The lowest BCUT2D eigenvalue weighted by molar-refractivity contribution is -0.130. The quantitative estimate of drug-likeness (QED) is 0.449. The zero-order chi connectivity index (χ0) is 26.7. The number of hydrogen-bond acceptors (Lipinski definition) is 5. The highest BCUT2D eigenvalue weighted by Gasteiger charge is 2.23. The topological polar surface area (TPSA) is 84.7 Å². The highest BCUT2D eigenvalue weighted by atomic mass is 79.9. The molecule has 1 aliphatic heterocycles. The van der Waals surface area contributed by atoms with Crippen LogP contribution in [0.2, 0.25) is 0 Å². The zero-order valence-electron chi connectivity index (χ0n) is 20.3. The van der Waals surface area contributed by atoms with E-state index in [4.69, 9.17) is 4.74 Å². The molecule has 2 heterocycles. The number of amides is 2. The van der Waals surface area contributed by atoms with Crippen molar-refractivity contribution in [1.82, 2.24) is 19.4 Å². The molecule has 3 aromatic rings. The van der Waals surface area contributed by atoms with Gasteiger partial charge in [-0.25, -0.2) is 8.78 Å². The van der Waals surface area contributed by atoms with Crippen LogP contribution in [0.15, 0.2) is 51.7 Å². The van der Waals surface area contributed by atoms with Crippen LogP contribution in [-0.4, -0.2) is 57.3 Å². The molecule has 194 valence electrons. The van der Waals surface area contributed by atoms with Crippen LogP contribution in [0, 0.1) is 18.6 Å². The SMILES string of the molecule is CC(=O)N1CCN(C(=O)c2ccc(Cn3c(C)nc(OCc4ccc(F)cc4F)c(Br)c3=O)cc2)CC1. The number of hydrogen-bond donors (Lipinski definition) is 0. The number of carbonyl (C=O) groups excluding carboxylic acids is 2. The average Bonchev–Trinajstić information content (AvgIpc) is 2.88. The molecule has 0 N–H and O–H groups in total. The van der Waals surface area contributed by atoms with Gasteiger partial charge in [0.2, 0.25) is 11.8 Å². The summed E-state index contributed by atoms with van der Waals surface area (Å²) in [4.78, 5) is 45.1. The molecule has 1 saturated heterocycles. The summed E-state index contributed by atoms with van der Waals surface area (Å²) in [6, 6.07) is 10.1. The fourth-order valence-corrected chi connectivity index (χ4v) is 4.44. The van der Waals surface area contributed by atoms with E-state index in [1.165, 1.54) is 17.6 Å².